The molecule has 0 aliphatic carbocycles. The van der Waals surface area contributed by atoms with E-state index in [1.807, 2.05) is 24.3 Å². The van der Waals surface area contributed by atoms with E-state index in [0.717, 1.165) is 17.0 Å². The van der Waals surface area contributed by atoms with Gasteiger partial charge in [0.05, 0.1) is 19.3 Å². The molecule has 0 aromatic heterocycles. The van der Waals surface area contributed by atoms with Crippen molar-refractivity contribution in [3.8, 4) is 0 Å². The van der Waals surface area contributed by atoms with Gasteiger partial charge in [0.1, 0.15) is 0 Å². The number of aliphatic hydroxyl groups is 1. The topological polar surface area (TPSA) is 41.5 Å². The molecule has 0 saturated carbocycles. The molecule has 0 saturated heterocycles. The van der Waals surface area contributed by atoms with Gasteiger partial charge in [0, 0.05) is 17.6 Å². The molecule has 102 valence electrons. The summed E-state index contributed by atoms with van der Waals surface area (Å²) in [6.07, 6.45) is 0.588. The predicted octanol–water partition coefficient (Wildman–Crippen LogP) is 2.61. The van der Waals surface area contributed by atoms with Crippen molar-refractivity contribution >= 4 is 11.6 Å². The molecule has 18 heavy (non-hydrogen) atoms. The minimum Gasteiger partial charge on any atom is -0.389 e. The molecule has 4 heteroatoms. The summed E-state index contributed by atoms with van der Waals surface area (Å²) in [5.74, 6) is 0. The lowest BCUT2D eigenvalue weighted by atomic mass is 10.2. The average molecular weight is 272 g/mol. The molecule has 0 spiro atoms. The number of hydrogen-bond acceptors (Lipinski definition) is 3. The van der Waals surface area contributed by atoms with Crippen LogP contribution in [-0.4, -0.2) is 30.4 Å². The Kier molecular flexibility index (Phi) is 7.28. The third-order valence-corrected chi connectivity index (χ3v) is 3.06. The van der Waals surface area contributed by atoms with Crippen molar-refractivity contribution in [3.63, 3.8) is 0 Å². The van der Waals surface area contributed by atoms with Gasteiger partial charge >= 0.3 is 0 Å². The van der Waals surface area contributed by atoms with Crippen molar-refractivity contribution in [1.82, 2.24) is 5.32 Å². The quantitative estimate of drug-likeness (QED) is 0.764. The molecule has 0 heterocycles. The summed E-state index contributed by atoms with van der Waals surface area (Å²) in [5, 5.41) is 13.7. The monoisotopic (exact) mass is 271 g/mol. The fraction of sp³-hybridized carbons (Fsp3) is 0.571. The average Bonchev–Trinajstić information content (AvgIpc) is 2.38. The number of benzene rings is 1. The molecule has 0 bridgehead atoms. The van der Waals surface area contributed by atoms with E-state index in [2.05, 4.69) is 19.2 Å². The highest BCUT2D eigenvalue weighted by atomic mass is 35.5. The van der Waals surface area contributed by atoms with Crippen molar-refractivity contribution in [2.75, 3.05) is 13.2 Å². The van der Waals surface area contributed by atoms with Crippen LogP contribution in [0, 0.1) is 0 Å². The van der Waals surface area contributed by atoms with E-state index in [-0.39, 0.29) is 0 Å². The van der Waals surface area contributed by atoms with Crippen LogP contribution in [-0.2, 0) is 11.3 Å². The Morgan fingerprint density at radius 2 is 2.00 bits per heavy atom. The summed E-state index contributed by atoms with van der Waals surface area (Å²) >= 11 is 5.79. The molecular formula is C14H22ClNO2. The molecule has 3 nitrogen and oxygen atoms in total. The van der Waals surface area contributed by atoms with E-state index in [9.17, 15) is 5.11 Å². The molecule has 0 aliphatic rings. The number of ether oxygens (including phenoxy) is 1. The summed E-state index contributed by atoms with van der Waals surface area (Å²) in [4.78, 5) is 0. The lowest BCUT2D eigenvalue weighted by molar-refractivity contribution is 0.0278. The Balaban J connectivity index is 2.15. The molecular weight excluding hydrogens is 250 g/mol. The number of nitrogens with one attached hydrogen (secondary N) is 1. The molecule has 1 aromatic rings. The fourth-order valence-electron chi connectivity index (χ4n) is 1.43. The van der Waals surface area contributed by atoms with Crippen LogP contribution in [0.2, 0.25) is 5.02 Å². The van der Waals surface area contributed by atoms with Crippen LogP contribution >= 0.6 is 11.6 Å². The Labute approximate surface area is 114 Å². The van der Waals surface area contributed by atoms with Crippen LogP contribution in [0.15, 0.2) is 24.3 Å². The molecule has 0 radical (unpaired) electrons. The minimum absolute atomic E-state index is 0.339. The van der Waals surface area contributed by atoms with Gasteiger partial charge in [-0.25, -0.2) is 0 Å². The minimum atomic E-state index is -0.466. The molecule has 1 rings (SSSR count). The van der Waals surface area contributed by atoms with E-state index in [0.29, 0.717) is 25.8 Å². The normalized spacial score (nSPS) is 14.4. The van der Waals surface area contributed by atoms with Crippen LogP contribution < -0.4 is 5.32 Å². The molecule has 2 atom stereocenters. The first kappa shape index (κ1) is 15.4. The Bertz CT molecular complexity index is 329. The van der Waals surface area contributed by atoms with E-state index >= 15 is 0 Å². The van der Waals surface area contributed by atoms with Gasteiger partial charge in [0.25, 0.3) is 0 Å². The first-order valence-electron chi connectivity index (χ1n) is 6.35. The SMILES string of the molecule is CC[C@@H](C)NC[C@@H](O)COCc1ccc(Cl)cc1. The Morgan fingerprint density at radius 3 is 2.61 bits per heavy atom. The highest BCUT2D eigenvalue weighted by Gasteiger charge is 2.06. The van der Waals surface area contributed by atoms with E-state index < -0.39 is 6.10 Å². The second-order valence-electron chi connectivity index (χ2n) is 4.51. The molecule has 1 aromatic carbocycles. The summed E-state index contributed by atoms with van der Waals surface area (Å²) in [5.41, 5.74) is 1.06. The van der Waals surface area contributed by atoms with Crippen LogP contribution in [0.25, 0.3) is 0 Å². The van der Waals surface area contributed by atoms with Crippen molar-refractivity contribution in [1.29, 1.82) is 0 Å². The van der Waals surface area contributed by atoms with Crippen LogP contribution in [0.3, 0.4) is 0 Å². The van der Waals surface area contributed by atoms with Gasteiger partial charge in [-0.2, -0.15) is 0 Å². The van der Waals surface area contributed by atoms with Crippen molar-refractivity contribution in [2.45, 2.75) is 39.0 Å². The fourth-order valence-corrected chi connectivity index (χ4v) is 1.56. The highest BCUT2D eigenvalue weighted by Crippen LogP contribution is 2.10. The van der Waals surface area contributed by atoms with Crippen molar-refractivity contribution in [3.05, 3.63) is 34.9 Å². The largest absolute Gasteiger partial charge is 0.389 e. The molecule has 2 N–H and O–H groups in total. The summed E-state index contributed by atoms with van der Waals surface area (Å²) in [7, 11) is 0. The molecule has 0 amide bonds. The number of hydrogen-bond donors (Lipinski definition) is 2. The maximum atomic E-state index is 9.71. The maximum absolute atomic E-state index is 9.71. The van der Waals surface area contributed by atoms with E-state index in [4.69, 9.17) is 16.3 Å². The standard InChI is InChI=1S/C14H22ClNO2/c1-3-11(2)16-8-14(17)10-18-9-12-4-6-13(15)7-5-12/h4-7,11,14,16-17H,3,8-10H2,1-2H3/t11-,14-/m1/s1. The first-order valence-corrected chi connectivity index (χ1v) is 6.73. The zero-order valence-electron chi connectivity index (χ0n) is 11.0. The molecule has 0 fully saturated rings. The van der Waals surface area contributed by atoms with Crippen LogP contribution in [0.4, 0.5) is 0 Å². The predicted molar refractivity (Wildman–Crippen MR) is 74.9 cm³/mol. The zero-order chi connectivity index (χ0) is 13.4. The van der Waals surface area contributed by atoms with Crippen LogP contribution in [0.1, 0.15) is 25.8 Å². The number of aliphatic hydroxyl groups excluding tert-OH is 1. The third-order valence-electron chi connectivity index (χ3n) is 2.81. The van der Waals surface area contributed by atoms with Gasteiger partial charge in [0.2, 0.25) is 0 Å². The van der Waals surface area contributed by atoms with Crippen molar-refractivity contribution in [2.24, 2.45) is 0 Å². The summed E-state index contributed by atoms with van der Waals surface area (Å²) < 4.78 is 5.45. The van der Waals surface area contributed by atoms with Gasteiger partial charge in [-0.3, -0.25) is 0 Å². The van der Waals surface area contributed by atoms with Crippen molar-refractivity contribution < 1.29 is 9.84 Å². The van der Waals surface area contributed by atoms with Crippen LogP contribution in [0.5, 0.6) is 0 Å². The van der Waals surface area contributed by atoms with E-state index in [1.54, 1.807) is 0 Å². The van der Waals surface area contributed by atoms with Gasteiger partial charge in [-0.1, -0.05) is 30.7 Å². The lowest BCUT2D eigenvalue weighted by Gasteiger charge is -2.15. The molecule has 0 aliphatic heterocycles. The first-order chi connectivity index (χ1) is 8.61. The smallest absolute Gasteiger partial charge is 0.0897 e. The second-order valence-corrected chi connectivity index (χ2v) is 4.95. The zero-order valence-corrected chi connectivity index (χ0v) is 11.8. The van der Waals surface area contributed by atoms with Gasteiger partial charge in [0.15, 0.2) is 0 Å². The Morgan fingerprint density at radius 1 is 1.33 bits per heavy atom. The van der Waals surface area contributed by atoms with Gasteiger partial charge in [-0.05, 0) is 31.0 Å². The van der Waals surface area contributed by atoms with E-state index in [1.165, 1.54) is 0 Å². The number of halogens is 1. The summed E-state index contributed by atoms with van der Waals surface area (Å²) in [6, 6.07) is 7.94. The number of rotatable bonds is 8. The van der Waals surface area contributed by atoms with Gasteiger partial charge < -0.3 is 15.2 Å². The highest BCUT2D eigenvalue weighted by molar-refractivity contribution is 6.30. The third kappa shape index (κ3) is 6.36. The lowest BCUT2D eigenvalue weighted by Crippen LogP contribution is -2.35. The molecule has 0 unspecified atom stereocenters. The second kappa shape index (κ2) is 8.48. The Hall–Kier alpha value is -0.610. The van der Waals surface area contributed by atoms with Gasteiger partial charge in [-0.15, -0.1) is 0 Å². The summed E-state index contributed by atoms with van der Waals surface area (Å²) in [6.45, 7) is 5.61. The maximum Gasteiger partial charge on any atom is 0.0897 e.